The summed E-state index contributed by atoms with van der Waals surface area (Å²) < 4.78 is 2.40. The van der Waals surface area contributed by atoms with Crippen molar-refractivity contribution in [2.24, 2.45) is 7.05 Å². The Hall–Kier alpha value is -3.75. The Labute approximate surface area is 139 Å². The summed E-state index contributed by atoms with van der Waals surface area (Å²) in [5.41, 5.74) is 5.78. The average Bonchev–Trinajstić information content (AvgIpc) is 2.85. The second-order valence-electron chi connectivity index (χ2n) is 5.64. The number of nitrogens with zero attached hydrogens (tertiary/aromatic N) is 3. The minimum Gasteiger partial charge on any atom is -0.384 e. The van der Waals surface area contributed by atoms with E-state index in [0.717, 1.165) is 10.6 Å². The van der Waals surface area contributed by atoms with Crippen LogP contribution < -0.4 is 22.2 Å². The van der Waals surface area contributed by atoms with Gasteiger partial charge in [0.2, 0.25) is 0 Å². The molecule has 25 heavy (non-hydrogen) atoms. The Balaban J connectivity index is 2.05. The molecule has 0 fully saturated rings. The molecule has 0 unspecified atom stereocenters. The number of carbonyl (C=O) groups excluding carboxylic acids is 2. The maximum absolute atomic E-state index is 12.4. The fraction of sp³-hybridized carbons (Fsp3) is 0.0625. The number of anilines is 1. The molecule has 0 spiro atoms. The predicted octanol–water partition coefficient (Wildman–Crippen LogP) is -0.450. The van der Waals surface area contributed by atoms with Crippen molar-refractivity contribution in [1.29, 1.82) is 0 Å². The monoisotopic (exact) mass is 337 g/mol. The number of aromatic nitrogens is 3. The van der Waals surface area contributed by atoms with Crippen LogP contribution in [0.2, 0.25) is 0 Å². The molecular formula is C16H11N5O4. The first kappa shape index (κ1) is 14.8. The van der Waals surface area contributed by atoms with Gasteiger partial charge in [0.15, 0.2) is 0 Å². The lowest BCUT2D eigenvalue weighted by Crippen LogP contribution is -2.24. The number of nitrogens with two attached hydrogens (primary N) is 1. The molecule has 0 saturated heterocycles. The molecule has 9 nitrogen and oxygen atoms in total. The fourth-order valence-corrected chi connectivity index (χ4v) is 2.88. The zero-order chi connectivity index (χ0) is 17.9. The van der Waals surface area contributed by atoms with E-state index in [9.17, 15) is 19.2 Å². The number of benzene rings is 1. The highest BCUT2D eigenvalue weighted by Crippen LogP contribution is 2.23. The van der Waals surface area contributed by atoms with Crippen LogP contribution >= 0.6 is 0 Å². The molecule has 124 valence electrons. The summed E-state index contributed by atoms with van der Waals surface area (Å²) in [6, 6.07) is 5.67. The third-order valence-corrected chi connectivity index (χ3v) is 4.11. The zero-order valence-electron chi connectivity index (χ0n) is 12.9. The third-order valence-electron chi connectivity index (χ3n) is 4.11. The van der Waals surface area contributed by atoms with Crippen LogP contribution in [0.3, 0.4) is 0 Å². The summed E-state index contributed by atoms with van der Waals surface area (Å²) in [7, 11) is 1.56. The van der Waals surface area contributed by atoms with Gasteiger partial charge in [-0.3, -0.25) is 29.1 Å². The van der Waals surface area contributed by atoms with Crippen LogP contribution in [-0.4, -0.2) is 25.9 Å². The van der Waals surface area contributed by atoms with Crippen molar-refractivity contribution in [2.45, 2.75) is 0 Å². The first-order valence-electron chi connectivity index (χ1n) is 7.25. The molecule has 2 amide bonds. The third kappa shape index (κ3) is 1.99. The Morgan fingerprint density at radius 3 is 2.60 bits per heavy atom. The van der Waals surface area contributed by atoms with Crippen LogP contribution in [0, 0.1) is 0 Å². The highest BCUT2D eigenvalue weighted by atomic mass is 16.2. The molecular weight excluding hydrogens is 326 g/mol. The van der Waals surface area contributed by atoms with E-state index < -0.39 is 17.4 Å². The van der Waals surface area contributed by atoms with E-state index in [1.807, 2.05) is 0 Å². The van der Waals surface area contributed by atoms with Crippen molar-refractivity contribution >= 4 is 28.5 Å². The average molecular weight is 337 g/mol. The summed E-state index contributed by atoms with van der Waals surface area (Å²) in [6.07, 6.45) is 1.40. The van der Waals surface area contributed by atoms with Crippen LogP contribution in [0.4, 0.5) is 5.82 Å². The number of pyridine rings is 1. The lowest BCUT2D eigenvalue weighted by atomic mass is 10.1. The van der Waals surface area contributed by atoms with Crippen LogP contribution in [0.15, 0.2) is 40.2 Å². The number of amides is 2. The molecule has 0 radical (unpaired) electrons. The highest BCUT2D eigenvalue weighted by Gasteiger charge is 2.31. The van der Waals surface area contributed by atoms with Crippen molar-refractivity contribution in [3.8, 4) is 5.69 Å². The molecule has 0 atom stereocenters. The molecule has 0 saturated carbocycles. The minimum atomic E-state index is -0.662. The molecule has 0 aliphatic carbocycles. The Bertz CT molecular complexity index is 1220. The van der Waals surface area contributed by atoms with Gasteiger partial charge in [-0.15, -0.1) is 0 Å². The van der Waals surface area contributed by atoms with Crippen LogP contribution in [-0.2, 0) is 7.05 Å². The summed E-state index contributed by atoms with van der Waals surface area (Å²) in [4.78, 5) is 52.4. The number of nitrogens with one attached hydrogen (secondary N) is 1. The summed E-state index contributed by atoms with van der Waals surface area (Å²) >= 11 is 0. The molecule has 1 aliphatic heterocycles. The second-order valence-corrected chi connectivity index (χ2v) is 5.64. The minimum absolute atomic E-state index is 0.0520. The van der Waals surface area contributed by atoms with Gasteiger partial charge in [-0.25, -0.2) is 4.98 Å². The number of imide groups is 1. The van der Waals surface area contributed by atoms with E-state index >= 15 is 0 Å². The van der Waals surface area contributed by atoms with E-state index in [2.05, 4.69) is 10.3 Å². The molecule has 4 rings (SSSR count). The van der Waals surface area contributed by atoms with E-state index in [0.29, 0.717) is 16.6 Å². The van der Waals surface area contributed by atoms with Crippen molar-refractivity contribution in [3.63, 3.8) is 0 Å². The van der Waals surface area contributed by atoms with E-state index in [-0.39, 0.29) is 22.5 Å². The SMILES string of the molecule is Cn1cnc2ccc(-n3c(N)c4c(cc3=O)C(=O)NC4=O)cc2c1=O. The number of nitrogen functional groups attached to an aromatic ring is 1. The van der Waals surface area contributed by atoms with Gasteiger partial charge in [0.05, 0.1) is 34.0 Å². The number of fused-ring (bicyclic) bond motifs is 2. The first-order chi connectivity index (χ1) is 11.9. The summed E-state index contributed by atoms with van der Waals surface area (Å²) in [5, 5.41) is 2.40. The number of carbonyl (C=O) groups is 2. The number of hydrogen-bond donors (Lipinski definition) is 2. The van der Waals surface area contributed by atoms with E-state index in [4.69, 9.17) is 5.73 Å². The van der Waals surface area contributed by atoms with Gasteiger partial charge in [0, 0.05) is 13.1 Å². The highest BCUT2D eigenvalue weighted by molar-refractivity contribution is 6.23. The molecule has 1 aromatic carbocycles. The van der Waals surface area contributed by atoms with Crippen molar-refractivity contribution < 1.29 is 9.59 Å². The quantitative estimate of drug-likeness (QED) is 0.579. The molecule has 0 bridgehead atoms. The standard InChI is InChI=1S/C16H11N5O4/c1-20-6-18-10-3-2-7(4-8(10)16(20)25)21-11(22)5-9-12(13(21)17)15(24)19-14(9)23/h2-6H,17H2,1H3,(H,19,23,24). The number of hydrogen-bond acceptors (Lipinski definition) is 6. The van der Waals surface area contributed by atoms with Crippen molar-refractivity contribution in [2.75, 3.05) is 5.73 Å². The Morgan fingerprint density at radius 1 is 1.08 bits per heavy atom. The van der Waals surface area contributed by atoms with Crippen LogP contribution in [0.1, 0.15) is 20.7 Å². The van der Waals surface area contributed by atoms with Crippen LogP contribution in [0.5, 0.6) is 0 Å². The Morgan fingerprint density at radius 2 is 1.84 bits per heavy atom. The van der Waals surface area contributed by atoms with E-state index in [1.54, 1.807) is 19.2 Å². The van der Waals surface area contributed by atoms with E-state index in [1.165, 1.54) is 17.0 Å². The molecule has 3 N–H and O–H groups in total. The maximum Gasteiger partial charge on any atom is 0.262 e. The lowest BCUT2D eigenvalue weighted by molar-refractivity contribution is 0.0880. The predicted molar refractivity (Wildman–Crippen MR) is 88.8 cm³/mol. The topological polar surface area (TPSA) is 129 Å². The largest absolute Gasteiger partial charge is 0.384 e. The molecule has 3 heterocycles. The normalized spacial score (nSPS) is 13.2. The van der Waals surface area contributed by atoms with Gasteiger partial charge in [-0.05, 0) is 18.2 Å². The first-order valence-corrected chi connectivity index (χ1v) is 7.25. The molecule has 2 aromatic heterocycles. The van der Waals surface area contributed by atoms with Crippen LogP contribution in [0.25, 0.3) is 16.6 Å². The van der Waals surface area contributed by atoms with Crippen molar-refractivity contribution in [3.05, 3.63) is 62.4 Å². The fourth-order valence-electron chi connectivity index (χ4n) is 2.88. The number of aryl methyl sites for hydroxylation is 1. The van der Waals surface area contributed by atoms with Gasteiger partial charge >= 0.3 is 0 Å². The second kappa shape index (κ2) is 4.87. The number of rotatable bonds is 1. The summed E-state index contributed by atoms with van der Waals surface area (Å²) in [6.45, 7) is 0. The maximum atomic E-state index is 12.4. The van der Waals surface area contributed by atoms with Gasteiger partial charge in [0.1, 0.15) is 5.82 Å². The Kier molecular flexibility index (Phi) is 2.89. The molecule has 1 aliphatic rings. The molecule has 9 heteroatoms. The zero-order valence-corrected chi connectivity index (χ0v) is 12.9. The van der Waals surface area contributed by atoms with Gasteiger partial charge in [-0.1, -0.05) is 0 Å². The smallest absolute Gasteiger partial charge is 0.262 e. The van der Waals surface area contributed by atoms with Gasteiger partial charge in [0.25, 0.3) is 22.9 Å². The lowest BCUT2D eigenvalue weighted by Gasteiger charge is -2.12. The van der Waals surface area contributed by atoms with Gasteiger partial charge < -0.3 is 10.3 Å². The summed E-state index contributed by atoms with van der Waals surface area (Å²) in [5.74, 6) is -1.48. The van der Waals surface area contributed by atoms with Gasteiger partial charge in [-0.2, -0.15) is 0 Å². The van der Waals surface area contributed by atoms with Crippen molar-refractivity contribution in [1.82, 2.24) is 19.4 Å². The molecule has 3 aromatic rings.